The van der Waals surface area contributed by atoms with Gasteiger partial charge in [-0.2, -0.15) is 0 Å². The molecule has 1 aromatic carbocycles. The third-order valence-corrected chi connectivity index (χ3v) is 8.77. The molecule has 0 unspecified atom stereocenters. The molecule has 5 atom stereocenters. The minimum Gasteiger partial charge on any atom is -0.355 e. The first-order valence-electron chi connectivity index (χ1n) is 18.8. The Balaban J connectivity index is 2.36. The Hall–Kier alpha value is -4.57. The maximum atomic E-state index is 13.9. The van der Waals surface area contributed by atoms with Gasteiger partial charge in [0.05, 0.1) is 6.54 Å². The molecule has 296 valence electrons. The SMILES string of the molecule is CC(=O)N[C@@H](CCCCN)C(=O)N[C@@H](CCCCN)C(=O)N[C@H]1CCCCNC(=O)CNC(=O)[C@H](Cc2ccccc2)NC(=O)[C@H](CC(C)C)NC1=O. The van der Waals surface area contributed by atoms with E-state index in [1.54, 1.807) is 0 Å². The Morgan fingerprint density at radius 2 is 1.40 bits per heavy atom. The molecular weight excluding hydrogens is 682 g/mol. The van der Waals surface area contributed by atoms with Crippen molar-refractivity contribution in [1.82, 2.24) is 37.2 Å². The number of amides is 7. The number of benzene rings is 1. The third kappa shape index (κ3) is 17.7. The lowest BCUT2D eigenvalue weighted by molar-refractivity contribution is -0.135. The van der Waals surface area contributed by atoms with Crippen molar-refractivity contribution in [1.29, 1.82) is 0 Å². The van der Waals surface area contributed by atoms with Crippen molar-refractivity contribution >= 4 is 41.4 Å². The molecule has 16 nitrogen and oxygen atoms in total. The van der Waals surface area contributed by atoms with Gasteiger partial charge in [0, 0.05) is 19.9 Å². The average molecular weight is 744 g/mol. The quantitative estimate of drug-likeness (QED) is 0.0922. The van der Waals surface area contributed by atoms with Crippen LogP contribution in [0.2, 0.25) is 0 Å². The number of hydrogen-bond donors (Lipinski definition) is 9. The fraction of sp³-hybridized carbons (Fsp3) is 0.649. The van der Waals surface area contributed by atoms with Crippen molar-refractivity contribution in [3.8, 4) is 0 Å². The second-order valence-electron chi connectivity index (χ2n) is 13.9. The van der Waals surface area contributed by atoms with Crippen molar-refractivity contribution in [3.63, 3.8) is 0 Å². The zero-order valence-corrected chi connectivity index (χ0v) is 31.5. The number of hydrogen-bond acceptors (Lipinski definition) is 9. The first-order valence-corrected chi connectivity index (χ1v) is 18.8. The van der Waals surface area contributed by atoms with Crippen LogP contribution in [0.4, 0.5) is 0 Å². The molecule has 7 amide bonds. The van der Waals surface area contributed by atoms with E-state index in [9.17, 15) is 33.6 Å². The monoisotopic (exact) mass is 743 g/mol. The summed E-state index contributed by atoms with van der Waals surface area (Å²) in [6.07, 6.45) is 4.35. The van der Waals surface area contributed by atoms with E-state index in [1.165, 1.54) is 6.92 Å². The molecule has 1 heterocycles. The Morgan fingerprint density at radius 1 is 0.774 bits per heavy atom. The van der Waals surface area contributed by atoms with Crippen LogP contribution < -0.4 is 48.7 Å². The molecule has 0 spiro atoms. The number of rotatable bonds is 17. The molecule has 11 N–H and O–H groups in total. The minimum absolute atomic E-state index is 0.0293. The van der Waals surface area contributed by atoms with Gasteiger partial charge in [0.2, 0.25) is 41.4 Å². The number of nitrogens with two attached hydrogens (primary N) is 2. The van der Waals surface area contributed by atoms with Crippen LogP contribution >= 0.6 is 0 Å². The molecule has 1 aromatic rings. The van der Waals surface area contributed by atoms with E-state index in [4.69, 9.17) is 11.5 Å². The summed E-state index contributed by atoms with van der Waals surface area (Å²) >= 11 is 0. The maximum Gasteiger partial charge on any atom is 0.243 e. The zero-order valence-electron chi connectivity index (χ0n) is 31.5. The van der Waals surface area contributed by atoms with Gasteiger partial charge in [-0.15, -0.1) is 0 Å². The smallest absolute Gasteiger partial charge is 0.243 e. The molecule has 0 aromatic heterocycles. The predicted molar refractivity (Wildman–Crippen MR) is 201 cm³/mol. The summed E-state index contributed by atoms with van der Waals surface area (Å²) in [6, 6.07) is 3.99. The molecule has 53 heavy (non-hydrogen) atoms. The van der Waals surface area contributed by atoms with Crippen LogP contribution in [0, 0.1) is 5.92 Å². The highest BCUT2D eigenvalue weighted by Crippen LogP contribution is 2.12. The summed E-state index contributed by atoms with van der Waals surface area (Å²) in [5.74, 6) is -3.72. The fourth-order valence-corrected chi connectivity index (χ4v) is 5.94. The van der Waals surface area contributed by atoms with E-state index < -0.39 is 71.6 Å². The van der Waals surface area contributed by atoms with E-state index in [0.717, 1.165) is 5.56 Å². The Kier molecular flexibility index (Phi) is 20.7. The third-order valence-electron chi connectivity index (χ3n) is 8.77. The Morgan fingerprint density at radius 3 is 2.00 bits per heavy atom. The summed E-state index contributed by atoms with van der Waals surface area (Å²) in [6.45, 7) is 5.89. The standard InChI is InChI=1S/C37H61N9O7/c1-24(2)21-30-37(53)46-31(22-26-13-5-4-6-14-26)33(49)41-23-32(48)40-20-12-9-17-29(36(52)45-30)44-35(51)28(16-8-11-19-39)43-34(50)27(42-25(3)47)15-7-10-18-38/h4-6,13-14,24,27-31H,7-12,15-23,38-39H2,1-3H3,(H,40,48)(H,41,49)(H,42,47)(H,43,50)(H,44,51)(H,45,52)(H,46,53)/t27-,28-,29-,30-,31-/m0/s1. The second-order valence-corrected chi connectivity index (χ2v) is 13.9. The fourth-order valence-electron chi connectivity index (χ4n) is 5.94. The van der Waals surface area contributed by atoms with Crippen molar-refractivity contribution in [2.24, 2.45) is 17.4 Å². The summed E-state index contributed by atoms with van der Waals surface area (Å²) in [5.41, 5.74) is 12.1. The van der Waals surface area contributed by atoms with Gasteiger partial charge < -0.3 is 48.7 Å². The molecule has 0 saturated carbocycles. The van der Waals surface area contributed by atoms with Gasteiger partial charge in [0.15, 0.2) is 0 Å². The molecule has 1 aliphatic heterocycles. The van der Waals surface area contributed by atoms with E-state index in [2.05, 4.69) is 37.2 Å². The lowest BCUT2D eigenvalue weighted by atomic mass is 10.00. The van der Waals surface area contributed by atoms with Crippen LogP contribution in [0.3, 0.4) is 0 Å². The van der Waals surface area contributed by atoms with Gasteiger partial charge in [0.25, 0.3) is 0 Å². The highest BCUT2D eigenvalue weighted by Gasteiger charge is 2.33. The summed E-state index contributed by atoms with van der Waals surface area (Å²) in [4.78, 5) is 92.6. The van der Waals surface area contributed by atoms with Crippen LogP contribution in [0.15, 0.2) is 30.3 Å². The number of unbranched alkanes of at least 4 members (excludes halogenated alkanes) is 2. The molecular formula is C37H61N9O7. The van der Waals surface area contributed by atoms with Crippen LogP contribution in [0.1, 0.15) is 90.5 Å². The minimum atomic E-state index is -1.10. The van der Waals surface area contributed by atoms with Crippen LogP contribution in [-0.4, -0.2) is 97.7 Å². The normalized spacial score (nSPS) is 20.2. The number of carbonyl (C=O) groups is 7. The second kappa shape index (κ2) is 24.6. The van der Waals surface area contributed by atoms with E-state index in [1.807, 2.05) is 44.2 Å². The molecule has 1 fully saturated rings. The van der Waals surface area contributed by atoms with Gasteiger partial charge in [-0.25, -0.2) is 0 Å². The van der Waals surface area contributed by atoms with Gasteiger partial charge >= 0.3 is 0 Å². The topological polar surface area (TPSA) is 256 Å². The first kappa shape index (κ1) is 44.6. The maximum absolute atomic E-state index is 13.9. The molecule has 0 aliphatic carbocycles. The van der Waals surface area contributed by atoms with E-state index >= 15 is 0 Å². The van der Waals surface area contributed by atoms with Gasteiger partial charge in [0.1, 0.15) is 30.2 Å². The molecule has 2 rings (SSSR count). The van der Waals surface area contributed by atoms with Gasteiger partial charge in [-0.1, -0.05) is 44.2 Å². The average Bonchev–Trinajstić information content (AvgIpc) is 3.11. The lowest BCUT2D eigenvalue weighted by Crippen LogP contribution is -2.59. The largest absolute Gasteiger partial charge is 0.355 e. The summed E-state index contributed by atoms with van der Waals surface area (Å²) in [7, 11) is 0. The van der Waals surface area contributed by atoms with E-state index in [-0.39, 0.29) is 44.7 Å². The molecule has 0 radical (unpaired) electrons. The van der Waals surface area contributed by atoms with Crippen LogP contribution in [0.25, 0.3) is 0 Å². The Labute approximate surface area is 312 Å². The molecule has 0 bridgehead atoms. The van der Waals surface area contributed by atoms with Crippen molar-refractivity contribution < 1.29 is 33.6 Å². The van der Waals surface area contributed by atoms with Crippen molar-refractivity contribution in [2.75, 3.05) is 26.2 Å². The number of nitrogens with one attached hydrogen (secondary N) is 7. The zero-order chi connectivity index (χ0) is 39.2. The van der Waals surface area contributed by atoms with Gasteiger partial charge in [-0.05, 0) is 88.8 Å². The number of carbonyl (C=O) groups excluding carboxylic acids is 7. The summed E-state index contributed by atoms with van der Waals surface area (Å²) in [5, 5.41) is 19.1. The Bertz CT molecular complexity index is 1340. The van der Waals surface area contributed by atoms with Crippen LogP contribution in [-0.2, 0) is 40.0 Å². The molecule has 1 aliphatic rings. The lowest BCUT2D eigenvalue weighted by Gasteiger charge is -2.28. The highest BCUT2D eigenvalue weighted by molar-refractivity contribution is 5.96. The van der Waals surface area contributed by atoms with Crippen molar-refractivity contribution in [3.05, 3.63) is 35.9 Å². The molecule has 16 heteroatoms. The highest BCUT2D eigenvalue weighted by atomic mass is 16.2. The molecule has 1 saturated heterocycles. The van der Waals surface area contributed by atoms with Crippen LogP contribution in [0.5, 0.6) is 0 Å². The summed E-state index contributed by atoms with van der Waals surface area (Å²) < 4.78 is 0. The predicted octanol–water partition coefficient (Wildman–Crippen LogP) is -0.607. The van der Waals surface area contributed by atoms with E-state index in [0.29, 0.717) is 58.0 Å². The first-order chi connectivity index (χ1) is 25.3. The van der Waals surface area contributed by atoms with Gasteiger partial charge in [-0.3, -0.25) is 33.6 Å². The van der Waals surface area contributed by atoms with Crippen molar-refractivity contribution in [2.45, 2.75) is 122 Å².